The highest BCUT2D eigenvalue weighted by molar-refractivity contribution is 5.00. The molecule has 0 radical (unpaired) electrons. The van der Waals surface area contributed by atoms with E-state index in [1.165, 1.54) is 5.57 Å². The van der Waals surface area contributed by atoms with Crippen LogP contribution in [0.2, 0.25) is 0 Å². The number of allylic oxidation sites excluding steroid dienone is 1. The third kappa shape index (κ3) is 5.64. The molecule has 1 N–H and O–H groups in total. The molecule has 0 heterocycles. The maximum absolute atomic E-state index is 3.76. The third-order valence-electron chi connectivity index (χ3n) is 2.55. The van der Waals surface area contributed by atoms with E-state index in [-0.39, 0.29) is 0 Å². The average molecular weight is 181 g/mol. The molecule has 1 nitrogen and oxygen atoms in total. The molecule has 0 aromatic carbocycles. The van der Waals surface area contributed by atoms with Crippen LogP contribution < -0.4 is 5.32 Å². The lowest BCUT2D eigenvalue weighted by Gasteiger charge is -2.14. The van der Waals surface area contributed by atoms with E-state index in [4.69, 9.17) is 0 Å². The molecular weight excluding hydrogens is 158 g/mol. The summed E-state index contributed by atoms with van der Waals surface area (Å²) in [6.45, 7) is 14.6. The lowest BCUT2D eigenvalue weighted by Crippen LogP contribution is -2.25. The summed E-state index contributed by atoms with van der Waals surface area (Å²) in [7, 11) is 0. The SMILES string of the molecule is C=C[C@@H](C)CNC[C@H](C)/C(C)=C/C. The van der Waals surface area contributed by atoms with Gasteiger partial charge in [-0.1, -0.05) is 31.6 Å². The van der Waals surface area contributed by atoms with Crippen molar-refractivity contribution >= 4 is 0 Å². The van der Waals surface area contributed by atoms with Crippen LogP contribution in [0.5, 0.6) is 0 Å². The van der Waals surface area contributed by atoms with Gasteiger partial charge in [-0.3, -0.25) is 0 Å². The van der Waals surface area contributed by atoms with Crippen LogP contribution in [-0.4, -0.2) is 13.1 Å². The zero-order valence-electron chi connectivity index (χ0n) is 9.43. The molecule has 0 aromatic heterocycles. The summed E-state index contributed by atoms with van der Waals surface area (Å²) >= 11 is 0. The van der Waals surface area contributed by atoms with Crippen molar-refractivity contribution in [3.8, 4) is 0 Å². The second-order valence-electron chi connectivity index (χ2n) is 3.80. The Morgan fingerprint density at radius 1 is 1.38 bits per heavy atom. The maximum Gasteiger partial charge on any atom is 0.00143 e. The molecule has 0 unspecified atom stereocenters. The highest BCUT2D eigenvalue weighted by Gasteiger charge is 2.03. The highest BCUT2D eigenvalue weighted by Crippen LogP contribution is 2.07. The molecule has 0 fully saturated rings. The Morgan fingerprint density at radius 3 is 2.46 bits per heavy atom. The first-order valence-electron chi connectivity index (χ1n) is 5.07. The van der Waals surface area contributed by atoms with Crippen LogP contribution in [-0.2, 0) is 0 Å². The Kier molecular flexibility index (Phi) is 6.61. The number of hydrogen-bond donors (Lipinski definition) is 1. The van der Waals surface area contributed by atoms with Gasteiger partial charge in [0, 0.05) is 13.1 Å². The van der Waals surface area contributed by atoms with E-state index in [1.54, 1.807) is 0 Å². The molecule has 2 atom stereocenters. The predicted molar refractivity (Wildman–Crippen MR) is 60.8 cm³/mol. The fourth-order valence-corrected chi connectivity index (χ4v) is 1.06. The van der Waals surface area contributed by atoms with Gasteiger partial charge >= 0.3 is 0 Å². The molecule has 0 saturated carbocycles. The Labute approximate surface area is 82.9 Å². The largest absolute Gasteiger partial charge is 0.316 e. The molecule has 0 aromatic rings. The summed E-state index contributed by atoms with van der Waals surface area (Å²) in [4.78, 5) is 0. The second-order valence-corrected chi connectivity index (χ2v) is 3.80. The summed E-state index contributed by atoms with van der Waals surface area (Å²) in [5.41, 5.74) is 1.46. The van der Waals surface area contributed by atoms with E-state index < -0.39 is 0 Å². The molecule has 0 saturated heterocycles. The van der Waals surface area contributed by atoms with Crippen LogP contribution in [0.15, 0.2) is 24.3 Å². The van der Waals surface area contributed by atoms with Gasteiger partial charge in [0.1, 0.15) is 0 Å². The highest BCUT2D eigenvalue weighted by atomic mass is 14.9. The van der Waals surface area contributed by atoms with Crippen molar-refractivity contribution in [2.24, 2.45) is 11.8 Å². The van der Waals surface area contributed by atoms with Crippen LogP contribution >= 0.6 is 0 Å². The van der Waals surface area contributed by atoms with Gasteiger partial charge in [-0.25, -0.2) is 0 Å². The van der Waals surface area contributed by atoms with Crippen LogP contribution in [0.25, 0.3) is 0 Å². The molecular formula is C12H23N. The first-order valence-corrected chi connectivity index (χ1v) is 5.07. The molecule has 0 aliphatic carbocycles. The van der Waals surface area contributed by atoms with E-state index in [9.17, 15) is 0 Å². The Morgan fingerprint density at radius 2 is 2.00 bits per heavy atom. The maximum atomic E-state index is 3.76. The first kappa shape index (κ1) is 12.4. The lowest BCUT2D eigenvalue weighted by atomic mass is 10.0. The molecule has 0 bridgehead atoms. The van der Waals surface area contributed by atoms with Gasteiger partial charge in [0.15, 0.2) is 0 Å². The monoisotopic (exact) mass is 181 g/mol. The molecule has 76 valence electrons. The summed E-state index contributed by atoms with van der Waals surface area (Å²) in [6.07, 6.45) is 4.17. The number of hydrogen-bond acceptors (Lipinski definition) is 1. The zero-order chi connectivity index (χ0) is 10.3. The Bertz CT molecular complexity index is 170. The van der Waals surface area contributed by atoms with Gasteiger partial charge in [-0.05, 0) is 25.7 Å². The van der Waals surface area contributed by atoms with Gasteiger partial charge in [0.05, 0.1) is 0 Å². The molecule has 1 heteroatoms. The fourth-order valence-electron chi connectivity index (χ4n) is 1.06. The first-order chi connectivity index (χ1) is 6.11. The van der Waals surface area contributed by atoms with E-state index in [0.29, 0.717) is 11.8 Å². The zero-order valence-corrected chi connectivity index (χ0v) is 9.43. The van der Waals surface area contributed by atoms with Crippen molar-refractivity contribution in [3.05, 3.63) is 24.3 Å². The smallest absolute Gasteiger partial charge is 0.00143 e. The summed E-state index contributed by atoms with van der Waals surface area (Å²) in [5.74, 6) is 1.21. The van der Waals surface area contributed by atoms with Crippen LogP contribution in [0.3, 0.4) is 0 Å². The van der Waals surface area contributed by atoms with Crippen LogP contribution in [0.4, 0.5) is 0 Å². The van der Waals surface area contributed by atoms with E-state index >= 15 is 0 Å². The minimum Gasteiger partial charge on any atom is -0.316 e. The Balaban J connectivity index is 3.59. The van der Waals surface area contributed by atoms with E-state index in [0.717, 1.165) is 13.1 Å². The van der Waals surface area contributed by atoms with Gasteiger partial charge in [0.2, 0.25) is 0 Å². The van der Waals surface area contributed by atoms with Gasteiger partial charge in [-0.15, -0.1) is 6.58 Å². The predicted octanol–water partition coefficient (Wildman–Crippen LogP) is 3.00. The third-order valence-corrected chi connectivity index (χ3v) is 2.55. The minimum atomic E-state index is 0.568. The molecule has 13 heavy (non-hydrogen) atoms. The van der Waals surface area contributed by atoms with Crippen molar-refractivity contribution in [1.82, 2.24) is 5.32 Å². The molecule has 0 aliphatic rings. The normalized spacial score (nSPS) is 16.8. The second kappa shape index (κ2) is 6.90. The standard InChI is InChI=1S/C12H23N/c1-6-10(3)8-13-9-12(5)11(4)7-2/h6-7,10,12-13H,1,8-9H2,2-5H3/b11-7+/t10-,12+/m1/s1. The van der Waals surface area contributed by atoms with Crippen molar-refractivity contribution in [3.63, 3.8) is 0 Å². The van der Waals surface area contributed by atoms with E-state index in [1.807, 2.05) is 6.08 Å². The van der Waals surface area contributed by atoms with Crippen molar-refractivity contribution in [1.29, 1.82) is 0 Å². The lowest BCUT2D eigenvalue weighted by molar-refractivity contribution is 0.531. The van der Waals surface area contributed by atoms with Crippen molar-refractivity contribution in [2.45, 2.75) is 27.7 Å². The average Bonchev–Trinajstić information content (AvgIpc) is 2.15. The fraction of sp³-hybridized carbons (Fsp3) is 0.667. The van der Waals surface area contributed by atoms with E-state index in [2.05, 4.69) is 45.7 Å². The van der Waals surface area contributed by atoms with Gasteiger partial charge in [-0.2, -0.15) is 0 Å². The van der Waals surface area contributed by atoms with Gasteiger partial charge in [0.25, 0.3) is 0 Å². The molecule has 0 aliphatic heterocycles. The summed E-state index contributed by atoms with van der Waals surface area (Å²) in [6, 6.07) is 0. The van der Waals surface area contributed by atoms with Crippen LogP contribution in [0.1, 0.15) is 27.7 Å². The van der Waals surface area contributed by atoms with Crippen LogP contribution in [0, 0.1) is 11.8 Å². The topological polar surface area (TPSA) is 12.0 Å². The molecule has 0 amide bonds. The molecule has 0 rings (SSSR count). The van der Waals surface area contributed by atoms with Crippen molar-refractivity contribution in [2.75, 3.05) is 13.1 Å². The minimum absolute atomic E-state index is 0.568. The molecule has 0 spiro atoms. The van der Waals surface area contributed by atoms with Gasteiger partial charge < -0.3 is 5.32 Å². The Hall–Kier alpha value is -0.560. The number of nitrogens with one attached hydrogen (secondary N) is 1. The number of rotatable bonds is 6. The summed E-state index contributed by atoms with van der Waals surface area (Å²) < 4.78 is 0. The van der Waals surface area contributed by atoms with Crippen molar-refractivity contribution < 1.29 is 0 Å². The summed E-state index contributed by atoms with van der Waals surface area (Å²) in [5, 5.41) is 3.44. The quantitative estimate of drug-likeness (QED) is 0.621.